The van der Waals surface area contributed by atoms with Gasteiger partial charge in [0.2, 0.25) is 0 Å². The van der Waals surface area contributed by atoms with Gasteiger partial charge in [-0.15, -0.1) is 93.5 Å². The second-order valence-electron chi connectivity index (χ2n) is 10.6. The van der Waals surface area contributed by atoms with E-state index in [2.05, 4.69) is 159 Å². The summed E-state index contributed by atoms with van der Waals surface area (Å²) >= 11 is 0. The van der Waals surface area contributed by atoms with Gasteiger partial charge < -0.3 is 24.8 Å². The summed E-state index contributed by atoms with van der Waals surface area (Å²) in [6, 6.07) is 43.6. The Morgan fingerprint density at radius 1 is 0.521 bits per heavy atom. The quantitative estimate of drug-likeness (QED) is 0.188. The summed E-state index contributed by atoms with van der Waals surface area (Å²) in [5.74, 6) is 0. The zero-order valence-electron chi connectivity index (χ0n) is 27.2. The second-order valence-corrected chi connectivity index (χ2v) is 13.4. The molecule has 240 valence electrons. The van der Waals surface area contributed by atoms with Crippen LogP contribution in [0.3, 0.4) is 0 Å². The van der Waals surface area contributed by atoms with Gasteiger partial charge in [0, 0.05) is 0 Å². The van der Waals surface area contributed by atoms with Gasteiger partial charge in [-0.3, -0.25) is 12.2 Å². The van der Waals surface area contributed by atoms with Gasteiger partial charge in [-0.05, 0) is 35.6 Å². The van der Waals surface area contributed by atoms with Crippen molar-refractivity contribution in [1.29, 1.82) is 0 Å². The van der Waals surface area contributed by atoms with Gasteiger partial charge in [0.1, 0.15) is 0 Å². The van der Waals surface area contributed by atoms with E-state index in [1.54, 1.807) is 0 Å². The average Bonchev–Trinajstić information content (AvgIpc) is 3.88. The Labute approximate surface area is 341 Å². The molecule has 6 heteroatoms. The van der Waals surface area contributed by atoms with Crippen LogP contribution in [0, 0.1) is 26.0 Å². The van der Waals surface area contributed by atoms with Crippen LogP contribution >= 0.6 is 17.2 Å². The Morgan fingerprint density at radius 2 is 0.896 bits per heavy atom. The maximum Gasteiger partial charge on any atom is 2.00 e. The van der Waals surface area contributed by atoms with Crippen molar-refractivity contribution in [2.24, 2.45) is 0 Å². The van der Waals surface area contributed by atoms with E-state index >= 15 is 0 Å². The molecule has 0 amide bonds. The van der Waals surface area contributed by atoms with Crippen molar-refractivity contribution >= 4 is 59.9 Å². The number of aryl methyl sites for hydroxylation is 2. The molecule has 6 aromatic rings. The maximum absolute atomic E-state index is 2.99. The summed E-state index contributed by atoms with van der Waals surface area (Å²) in [4.78, 5) is 0. The van der Waals surface area contributed by atoms with Crippen molar-refractivity contribution in [2.75, 3.05) is 0 Å². The molecule has 2 aliphatic carbocycles. The van der Waals surface area contributed by atoms with Gasteiger partial charge in [0.25, 0.3) is 0 Å². The van der Waals surface area contributed by atoms with Crippen LogP contribution in [-0.2, 0) is 52.4 Å². The summed E-state index contributed by atoms with van der Waals surface area (Å²) in [5, 5.41) is 11.2. The van der Waals surface area contributed by atoms with Crippen LogP contribution in [0.5, 0.6) is 0 Å². The van der Waals surface area contributed by atoms with Crippen LogP contribution in [0.15, 0.2) is 158 Å². The van der Waals surface area contributed by atoms with Crippen molar-refractivity contribution in [2.45, 2.75) is 26.7 Å². The third kappa shape index (κ3) is 14.2. The van der Waals surface area contributed by atoms with E-state index in [0.29, 0.717) is 0 Å². The summed E-state index contributed by atoms with van der Waals surface area (Å²) < 4.78 is 0. The molecule has 0 aromatic heterocycles. The van der Waals surface area contributed by atoms with E-state index in [4.69, 9.17) is 0 Å². The molecule has 0 bridgehead atoms. The fourth-order valence-corrected chi connectivity index (χ4v) is 7.32. The van der Waals surface area contributed by atoms with E-state index in [1.165, 1.54) is 53.9 Å². The van der Waals surface area contributed by atoms with Crippen LogP contribution in [0.1, 0.15) is 24.0 Å². The minimum absolute atomic E-state index is 0. The SMILES string of the molecule is Cc1ccccc1Pc1cc2ccccc2[cH-]1.Cc1ccccc1Pc1cc2ccccc2[cH-]1.[C-]1=CC=CC1.[C-]1=CC=CC1.[Cl-].[Cl-].[Zr+2].[Zr+2]. The largest absolute Gasteiger partial charge is 2.00 e. The standard InChI is InChI=1S/2C16H14P.2C5H5.2ClH.2Zr/c2*1-12-6-2-5-9-16(12)17-15-10-13-7-3-4-8-14(13)11-15;2*1-2-4-5-3-1;;;;/h2*2-11,17H,1H3;2*1-3H,4H2;2*1H;;/q4*-1;;;2*+2/p-2. The molecule has 2 unspecified atom stereocenters. The van der Waals surface area contributed by atoms with E-state index in [-0.39, 0.29) is 77.2 Å². The first-order chi connectivity index (χ1) is 21.7. The molecule has 0 N–H and O–H groups in total. The van der Waals surface area contributed by atoms with Gasteiger partial charge in [-0.25, -0.2) is 24.3 Å². The minimum atomic E-state index is 0. The molecule has 2 aliphatic rings. The Hall–Kier alpha value is -1.73. The number of hydrogen-bond donors (Lipinski definition) is 0. The summed E-state index contributed by atoms with van der Waals surface area (Å²) in [6.45, 7) is 4.37. The molecule has 0 saturated heterocycles. The maximum atomic E-state index is 2.99. The van der Waals surface area contributed by atoms with E-state index in [1.807, 2.05) is 24.3 Å². The molecule has 0 saturated carbocycles. The third-order valence-corrected chi connectivity index (χ3v) is 10.1. The van der Waals surface area contributed by atoms with Crippen molar-refractivity contribution in [3.63, 3.8) is 0 Å². The molecule has 0 radical (unpaired) electrons. The van der Waals surface area contributed by atoms with Crippen molar-refractivity contribution < 1.29 is 77.2 Å². The van der Waals surface area contributed by atoms with E-state index in [0.717, 1.165) is 30.0 Å². The van der Waals surface area contributed by atoms with Crippen LogP contribution in [0.2, 0.25) is 0 Å². The number of benzene rings is 4. The van der Waals surface area contributed by atoms with Gasteiger partial charge in [0.05, 0.1) is 0 Å². The van der Waals surface area contributed by atoms with Gasteiger partial charge in [-0.1, -0.05) is 77.8 Å². The fraction of sp³-hybridized carbons (Fsp3) is 0.0952. The Balaban J connectivity index is 0.000000350. The zero-order valence-corrected chi connectivity index (χ0v) is 35.6. The average molecular weight is 858 g/mol. The second kappa shape index (κ2) is 24.4. The van der Waals surface area contributed by atoms with Crippen LogP contribution < -0.4 is 46.0 Å². The molecule has 0 nitrogen and oxygen atoms in total. The smallest absolute Gasteiger partial charge is 1.00 e. The first kappa shape index (κ1) is 44.3. The summed E-state index contributed by atoms with van der Waals surface area (Å²) in [6.07, 6.45) is 20.0. The topological polar surface area (TPSA) is 0 Å². The number of hydrogen-bond acceptors (Lipinski definition) is 0. The Morgan fingerprint density at radius 3 is 1.21 bits per heavy atom. The molecule has 2 atom stereocenters. The van der Waals surface area contributed by atoms with Crippen molar-refractivity contribution in [1.82, 2.24) is 0 Å². The molecule has 8 rings (SSSR count). The number of allylic oxidation sites excluding steroid dienone is 8. The molecule has 48 heavy (non-hydrogen) atoms. The molecule has 0 heterocycles. The predicted octanol–water partition coefficient (Wildman–Crippen LogP) is 3.61. The van der Waals surface area contributed by atoms with Crippen LogP contribution in [0.4, 0.5) is 0 Å². The Bertz CT molecular complexity index is 1690. The van der Waals surface area contributed by atoms with Crippen LogP contribution in [0.25, 0.3) is 21.5 Å². The molecule has 0 spiro atoms. The molecule has 6 aromatic carbocycles. The molecule has 0 fully saturated rings. The molecular weight excluding hydrogens is 820 g/mol. The first-order valence-electron chi connectivity index (χ1n) is 15.1. The summed E-state index contributed by atoms with van der Waals surface area (Å²) in [7, 11) is 1.52. The number of rotatable bonds is 4. The van der Waals surface area contributed by atoms with Gasteiger partial charge >= 0.3 is 52.4 Å². The number of halogens is 2. The van der Waals surface area contributed by atoms with Gasteiger partial charge in [-0.2, -0.15) is 24.3 Å². The predicted molar refractivity (Wildman–Crippen MR) is 200 cm³/mol. The molecule has 0 aliphatic heterocycles. The van der Waals surface area contributed by atoms with Crippen molar-refractivity contribution in [3.8, 4) is 0 Å². The zero-order chi connectivity index (χ0) is 30.4. The molecular formula is C42H38Cl2P2Zr2-2. The number of fused-ring (bicyclic) bond motifs is 2. The summed E-state index contributed by atoms with van der Waals surface area (Å²) in [5.41, 5.74) is 2.77. The van der Waals surface area contributed by atoms with Gasteiger partial charge in [0.15, 0.2) is 0 Å². The van der Waals surface area contributed by atoms with Crippen molar-refractivity contribution in [3.05, 3.63) is 181 Å². The van der Waals surface area contributed by atoms with Crippen LogP contribution in [-0.4, -0.2) is 0 Å². The monoisotopic (exact) mass is 854 g/mol. The minimum Gasteiger partial charge on any atom is -1.00 e. The van der Waals surface area contributed by atoms with E-state index < -0.39 is 0 Å². The first-order valence-corrected chi connectivity index (χ1v) is 17.1. The Kier molecular flexibility index (Phi) is 22.5. The fourth-order valence-electron chi connectivity index (χ4n) is 4.86. The van der Waals surface area contributed by atoms with E-state index in [9.17, 15) is 0 Å². The third-order valence-electron chi connectivity index (χ3n) is 7.26. The normalized spacial score (nSPS) is 11.9.